The summed E-state index contributed by atoms with van der Waals surface area (Å²) < 4.78 is 1.82. The minimum Gasteiger partial charge on any atom is -0.387 e. The van der Waals surface area contributed by atoms with Crippen LogP contribution in [0.25, 0.3) is 5.69 Å². The van der Waals surface area contributed by atoms with Gasteiger partial charge in [0.2, 0.25) is 0 Å². The number of benzene rings is 3. The summed E-state index contributed by atoms with van der Waals surface area (Å²) in [6, 6.07) is 28.0. The molecule has 184 valence electrons. The molecule has 5 rings (SSSR count). The zero-order chi connectivity index (χ0) is 24.9. The fourth-order valence-electron chi connectivity index (χ4n) is 4.94. The van der Waals surface area contributed by atoms with Crippen LogP contribution in [0.4, 0.5) is 0 Å². The molecule has 1 aromatic heterocycles. The number of rotatable bonds is 8. The standard InChI is InChI=1S/C30H32N4O2/c1-33(20-23-19-31-34(21-23)27-10-6-3-7-11-27)30(36)25-14-12-22(13-15-25)18-26-16-17-28(32-26)29(35)24-8-4-2-5-9-24/h2-15,19,21,26,28-29,32,35H,16-18,20H2,1H3/t26-,28+,29+/m0/s1. The second-order valence-corrected chi connectivity index (χ2v) is 9.59. The minimum absolute atomic E-state index is 0.0148. The number of amides is 1. The molecule has 6 heteroatoms. The first-order valence-corrected chi connectivity index (χ1v) is 12.5. The van der Waals surface area contributed by atoms with E-state index in [0.29, 0.717) is 18.2 Å². The summed E-state index contributed by atoms with van der Waals surface area (Å²) in [5, 5.41) is 18.7. The molecule has 36 heavy (non-hydrogen) atoms. The molecule has 6 nitrogen and oxygen atoms in total. The Bertz CT molecular complexity index is 1270. The van der Waals surface area contributed by atoms with Crippen molar-refractivity contribution in [2.75, 3.05) is 7.05 Å². The van der Waals surface area contributed by atoms with Gasteiger partial charge in [-0.25, -0.2) is 4.68 Å². The number of para-hydroxylation sites is 1. The fraction of sp³-hybridized carbons (Fsp3) is 0.267. The number of hydrogen-bond acceptors (Lipinski definition) is 4. The van der Waals surface area contributed by atoms with E-state index in [4.69, 9.17) is 0 Å². The monoisotopic (exact) mass is 480 g/mol. The topological polar surface area (TPSA) is 70.4 Å². The molecule has 2 N–H and O–H groups in total. The van der Waals surface area contributed by atoms with Crippen LogP contribution in [0, 0.1) is 0 Å². The Hall–Kier alpha value is -3.74. The van der Waals surface area contributed by atoms with Crippen LogP contribution < -0.4 is 5.32 Å². The lowest BCUT2D eigenvalue weighted by molar-refractivity contribution is 0.0785. The van der Waals surface area contributed by atoms with E-state index in [1.165, 1.54) is 5.56 Å². The molecule has 1 amide bonds. The van der Waals surface area contributed by atoms with E-state index >= 15 is 0 Å². The van der Waals surface area contributed by atoms with Crippen molar-refractivity contribution in [3.05, 3.63) is 120 Å². The zero-order valence-corrected chi connectivity index (χ0v) is 20.5. The van der Waals surface area contributed by atoms with Gasteiger partial charge in [-0.3, -0.25) is 4.79 Å². The molecular weight excluding hydrogens is 448 g/mol. The maximum atomic E-state index is 13.0. The molecule has 1 fully saturated rings. The highest BCUT2D eigenvalue weighted by molar-refractivity contribution is 5.94. The highest BCUT2D eigenvalue weighted by Gasteiger charge is 2.29. The Morgan fingerprint density at radius 2 is 1.69 bits per heavy atom. The van der Waals surface area contributed by atoms with Gasteiger partial charge in [0.05, 0.1) is 18.0 Å². The molecule has 2 heterocycles. The molecule has 0 radical (unpaired) electrons. The molecule has 0 unspecified atom stereocenters. The van der Waals surface area contributed by atoms with E-state index in [2.05, 4.69) is 10.4 Å². The van der Waals surface area contributed by atoms with Gasteiger partial charge in [-0.1, -0.05) is 60.7 Å². The van der Waals surface area contributed by atoms with E-state index < -0.39 is 6.10 Å². The van der Waals surface area contributed by atoms with Crippen LogP contribution in [0.2, 0.25) is 0 Å². The minimum atomic E-state index is -0.494. The van der Waals surface area contributed by atoms with Crippen molar-refractivity contribution < 1.29 is 9.90 Å². The van der Waals surface area contributed by atoms with Crippen LogP contribution in [-0.4, -0.2) is 44.8 Å². The van der Waals surface area contributed by atoms with E-state index in [0.717, 1.165) is 36.1 Å². The van der Waals surface area contributed by atoms with Crippen molar-refractivity contribution in [2.45, 2.75) is 44.0 Å². The van der Waals surface area contributed by atoms with Crippen molar-refractivity contribution >= 4 is 5.91 Å². The third-order valence-electron chi connectivity index (χ3n) is 6.90. The summed E-state index contributed by atoms with van der Waals surface area (Å²) in [5.41, 5.74) is 4.78. The van der Waals surface area contributed by atoms with Crippen LogP contribution in [0.5, 0.6) is 0 Å². The highest BCUT2D eigenvalue weighted by Crippen LogP contribution is 2.26. The fourth-order valence-corrected chi connectivity index (χ4v) is 4.94. The maximum Gasteiger partial charge on any atom is 0.253 e. The van der Waals surface area contributed by atoms with E-state index in [1.807, 2.05) is 103 Å². The molecule has 0 saturated carbocycles. The Kier molecular flexibility index (Phi) is 7.26. The van der Waals surface area contributed by atoms with Gasteiger partial charge in [-0.05, 0) is 54.7 Å². The summed E-state index contributed by atoms with van der Waals surface area (Å²) in [7, 11) is 1.82. The first kappa shape index (κ1) is 24.0. The van der Waals surface area contributed by atoms with Gasteiger partial charge in [-0.2, -0.15) is 5.10 Å². The molecule has 3 aromatic carbocycles. The van der Waals surface area contributed by atoms with Gasteiger partial charge in [0.1, 0.15) is 0 Å². The molecule has 1 aliphatic rings. The number of carbonyl (C=O) groups is 1. The predicted molar refractivity (Wildman–Crippen MR) is 141 cm³/mol. The van der Waals surface area contributed by atoms with E-state index in [1.54, 1.807) is 11.1 Å². The Morgan fingerprint density at radius 3 is 2.42 bits per heavy atom. The van der Waals surface area contributed by atoms with Gasteiger partial charge >= 0.3 is 0 Å². The average molecular weight is 481 g/mol. The van der Waals surface area contributed by atoms with Gasteiger partial charge in [0, 0.05) is 43.0 Å². The Labute approximate surface area is 212 Å². The number of hydrogen-bond donors (Lipinski definition) is 2. The molecular formula is C30H32N4O2. The van der Waals surface area contributed by atoms with Crippen molar-refractivity contribution in [3.63, 3.8) is 0 Å². The zero-order valence-electron chi connectivity index (χ0n) is 20.5. The Balaban J connectivity index is 1.14. The average Bonchev–Trinajstić information content (AvgIpc) is 3.59. The third-order valence-corrected chi connectivity index (χ3v) is 6.90. The van der Waals surface area contributed by atoms with Crippen molar-refractivity contribution in [1.29, 1.82) is 0 Å². The smallest absolute Gasteiger partial charge is 0.253 e. The quantitative estimate of drug-likeness (QED) is 0.388. The molecule has 0 aliphatic carbocycles. The lowest BCUT2D eigenvalue weighted by Gasteiger charge is -2.20. The van der Waals surface area contributed by atoms with Crippen LogP contribution >= 0.6 is 0 Å². The van der Waals surface area contributed by atoms with Gasteiger partial charge in [-0.15, -0.1) is 0 Å². The number of nitrogens with one attached hydrogen (secondary N) is 1. The van der Waals surface area contributed by atoms with E-state index in [9.17, 15) is 9.90 Å². The Morgan fingerprint density at radius 1 is 1.00 bits per heavy atom. The molecule has 0 bridgehead atoms. The molecule has 0 spiro atoms. The summed E-state index contributed by atoms with van der Waals surface area (Å²) in [6.45, 7) is 0.491. The third kappa shape index (κ3) is 5.56. The number of carbonyl (C=O) groups excluding carboxylic acids is 1. The van der Waals surface area contributed by atoms with E-state index in [-0.39, 0.29) is 11.9 Å². The van der Waals surface area contributed by atoms with Crippen LogP contribution in [0.15, 0.2) is 97.3 Å². The van der Waals surface area contributed by atoms with Crippen molar-refractivity contribution in [2.24, 2.45) is 0 Å². The summed E-state index contributed by atoms with van der Waals surface area (Å²) in [6.07, 6.45) is 6.11. The highest BCUT2D eigenvalue weighted by atomic mass is 16.3. The maximum absolute atomic E-state index is 13.0. The lowest BCUT2D eigenvalue weighted by atomic mass is 10.0. The number of aliphatic hydroxyl groups is 1. The molecule has 1 saturated heterocycles. The second-order valence-electron chi connectivity index (χ2n) is 9.59. The summed E-state index contributed by atoms with van der Waals surface area (Å²) >= 11 is 0. The molecule has 1 aliphatic heterocycles. The largest absolute Gasteiger partial charge is 0.387 e. The van der Waals surface area contributed by atoms with Gasteiger partial charge < -0.3 is 15.3 Å². The number of aliphatic hydroxyl groups excluding tert-OH is 1. The van der Waals surface area contributed by atoms with Gasteiger partial charge in [0.15, 0.2) is 0 Å². The SMILES string of the molecule is CN(Cc1cnn(-c2ccccc2)c1)C(=O)c1ccc(C[C@@H]2CC[C@H]([C@H](O)c3ccccc3)N2)cc1. The number of aromatic nitrogens is 2. The van der Waals surface area contributed by atoms with Crippen LogP contribution in [-0.2, 0) is 13.0 Å². The van der Waals surface area contributed by atoms with Gasteiger partial charge in [0.25, 0.3) is 5.91 Å². The summed E-state index contributed by atoms with van der Waals surface area (Å²) in [5.74, 6) is -0.0148. The van der Waals surface area contributed by atoms with Crippen LogP contribution in [0.1, 0.15) is 46.0 Å². The van der Waals surface area contributed by atoms with Crippen LogP contribution in [0.3, 0.4) is 0 Å². The lowest BCUT2D eigenvalue weighted by Crippen LogP contribution is -2.35. The second kappa shape index (κ2) is 10.9. The predicted octanol–water partition coefficient (Wildman–Crippen LogP) is 4.54. The first-order chi connectivity index (χ1) is 17.6. The molecule has 4 aromatic rings. The normalized spacial score (nSPS) is 18.2. The van der Waals surface area contributed by atoms with Crippen molar-refractivity contribution in [1.82, 2.24) is 20.0 Å². The molecule has 3 atom stereocenters. The van der Waals surface area contributed by atoms with Crippen molar-refractivity contribution in [3.8, 4) is 5.69 Å². The summed E-state index contributed by atoms with van der Waals surface area (Å²) in [4.78, 5) is 14.7. The number of nitrogens with zero attached hydrogens (tertiary/aromatic N) is 3. The first-order valence-electron chi connectivity index (χ1n) is 12.5.